The average molecular weight is 175 g/mol. The zero-order chi connectivity index (χ0) is 9.42. The molecule has 2 heteroatoms. The van der Waals surface area contributed by atoms with E-state index >= 15 is 0 Å². The third kappa shape index (κ3) is 1.10. The zero-order valence-corrected chi connectivity index (χ0v) is 7.91. The fourth-order valence-electron chi connectivity index (χ4n) is 1.77. The number of hydrogen-bond donors (Lipinski definition) is 1. The van der Waals surface area contributed by atoms with Crippen LogP contribution in [0, 0.1) is 0 Å². The Hall–Kier alpha value is -1.44. The molecule has 0 aliphatic heterocycles. The second kappa shape index (κ2) is 2.80. The summed E-state index contributed by atoms with van der Waals surface area (Å²) in [7, 11) is 2.01. The summed E-state index contributed by atoms with van der Waals surface area (Å²) in [6.07, 6.45) is 2.89. The fourth-order valence-corrected chi connectivity index (χ4v) is 1.77. The summed E-state index contributed by atoms with van der Waals surface area (Å²) in [4.78, 5) is 0. The van der Waals surface area contributed by atoms with Crippen molar-refractivity contribution >= 4 is 10.9 Å². The highest BCUT2D eigenvalue weighted by Gasteiger charge is 2.06. The van der Waals surface area contributed by atoms with Gasteiger partial charge in [-0.25, -0.2) is 0 Å². The van der Waals surface area contributed by atoms with Gasteiger partial charge in [0.15, 0.2) is 0 Å². The van der Waals surface area contributed by atoms with Crippen molar-refractivity contribution in [1.29, 1.82) is 0 Å². The molecule has 2 rings (SSSR count). The van der Waals surface area contributed by atoms with E-state index in [1.54, 1.807) is 6.07 Å². The first-order valence-electron chi connectivity index (χ1n) is 4.50. The lowest BCUT2D eigenvalue weighted by Gasteiger charge is -2.03. The molecule has 1 aromatic heterocycles. The van der Waals surface area contributed by atoms with Crippen LogP contribution in [0.2, 0.25) is 0 Å². The van der Waals surface area contributed by atoms with Crippen molar-refractivity contribution in [3.8, 4) is 5.75 Å². The first-order chi connectivity index (χ1) is 6.24. The molecule has 68 valence electrons. The summed E-state index contributed by atoms with van der Waals surface area (Å²) in [5.74, 6) is 0.404. The van der Waals surface area contributed by atoms with Crippen molar-refractivity contribution in [1.82, 2.24) is 4.57 Å². The molecule has 0 amide bonds. The molecule has 0 aliphatic rings. The molecule has 0 radical (unpaired) electrons. The first-order valence-corrected chi connectivity index (χ1v) is 4.50. The van der Waals surface area contributed by atoms with Crippen LogP contribution >= 0.6 is 0 Å². The molecule has 1 N–H and O–H groups in total. The smallest absolute Gasteiger partial charge is 0.119 e. The molecule has 1 aromatic carbocycles. The van der Waals surface area contributed by atoms with Crippen LogP contribution in [0.5, 0.6) is 5.75 Å². The lowest BCUT2D eigenvalue weighted by molar-refractivity contribution is 0.470. The Bertz CT molecular complexity index is 443. The summed E-state index contributed by atoms with van der Waals surface area (Å²) in [5, 5.41) is 10.8. The number of phenols is 1. The molecule has 0 unspecified atom stereocenters. The predicted octanol–water partition coefficient (Wildman–Crippen LogP) is 2.45. The second-order valence-corrected chi connectivity index (χ2v) is 3.28. The van der Waals surface area contributed by atoms with E-state index in [0.29, 0.717) is 5.75 Å². The molecule has 0 fully saturated rings. The van der Waals surface area contributed by atoms with Gasteiger partial charge in [-0.3, -0.25) is 0 Å². The quantitative estimate of drug-likeness (QED) is 0.707. The Morgan fingerprint density at radius 1 is 1.31 bits per heavy atom. The van der Waals surface area contributed by atoms with Gasteiger partial charge >= 0.3 is 0 Å². The third-order valence-electron chi connectivity index (χ3n) is 2.51. The van der Waals surface area contributed by atoms with E-state index in [1.165, 1.54) is 5.52 Å². The van der Waals surface area contributed by atoms with Gasteiger partial charge in [-0.05, 0) is 24.6 Å². The summed E-state index contributed by atoms with van der Waals surface area (Å²) < 4.78 is 2.06. The number of nitrogens with zero attached hydrogens (tertiary/aromatic N) is 1. The van der Waals surface area contributed by atoms with Crippen molar-refractivity contribution in [3.05, 3.63) is 30.0 Å². The minimum atomic E-state index is 0.404. The molecule has 0 saturated carbocycles. The normalized spacial score (nSPS) is 10.9. The number of aryl methyl sites for hydroxylation is 2. The fraction of sp³-hybridized carbons (Fsp3) is 0.273. The van der Waals surface area contributed by atoms with Crippen molar-refractivity contribution in [2.24, 2.45) is 7.05 Å². The molecule has 0 bridgehead atoms. The minimum Gasteiger partial charge on any atom is -0.508 e. The monoisotopic (exact) mass is 175 g/mol. The molecule has 2 nitrogen and oxygen atoms in total. The van der Waals surface area contributed by atoms with E-state index in [0.717, 1.165) is 17.4 Å². The Morgan fingerprint density at radius 3 is 2.77 bits per heavy atom. The van der Waals surface area contributed by atoms with Crippen molar-refractivity contribution in [3.63, 3.8) is 0 Å². The summed E-state index contributed by atoms with van der Waals surface area (Å²) in [6, 6.07) is 5.76. The van der Waals surface area contributed by atoms with Crippen LogP contribution in [0.4, 0.5) is 0 Å². The molecule has 2 aromatic rings. The Morgan fingerprint density at radius 2 is 2.08 bits per heavy atom. The van der Waals surface area contributed by atoms with Crippen LogP contribution in [0.25, 0.3) is 10.9 Å². The lowest BCUT2D eigenvalue weighted by Crippen LogP contribution is -1.86. The molecule has 0 spiro atoms. The van der Waals surface area contributed by atoms with E-state index < -0.39 is 0 Å². The summed E-state index contributed by atoms with van der Waals surface area (Å²) >= 11 is 0. The summed E-state index contributed by atoms with van der Waals surface area (Å²) in [6.45, 7) is 2.06. The number of aromatic nitrogens is 1. The first kappa shape index (κ1) is 8.17. The number of phenolic OH excluding ortho intramolecular Hbond substituents is 1. The van der Waals surface area contributed by atoms with Gasteiger partial charge in [0.2, 0.25) is 0 Å². The van der Waals surface area contributed by atoms with Crippen LogP contribution in [-0.2, 0) is 13.5 Å². The SMILES string of the molecule is CCc1c(O)ccc2c1ccn2C. The maximum Gasteiger partial charge on any atom is 0.119 e. The zero-order valence-electron chi connectivity index (χ0n) is 7.91. The van der Waals surface area contributed by atoms with Gasteiger partial charge < -0.3 is 9.67 Å². The Labute approximate surface area is 77.4 Å². The van der Waals surface area contributed by atoms with E-state index in [2.05, 4.69) is 11.5 Å². The molecular formula is C11H13NO. The van der Waals surface area contributed by atoms with Gasteiger partial charge in [0.05, 0.1) is 0 Å². The van der Waals surface area contributed by atoms with Gasteiger partial charge in [0.1, 0.15) is 5.75 Å². The molecule has 0 aliphatic carbocycles. The van der Waals surface area contributed by atoms with Crippen LogP contribution in [0.15, 0.2) is 24.4 Å². The topological polar surface area (TPSA) is 25.2 Å². The van der Waals surface area contributed by atoms with Crippen molar-refractivity contribution in [2.45, 2.75) is 13.3 Å². The molecule has 1 heterocycles. The van der Waals surface area contributed by atoms with Crippen LogP contribution in [-0.4, -0.2) is 9.67 Å². The van der Waals surface area contributed by atoms with Gasteiger partial charge in [-0.2, -0.15) is 0 Å². The van der Waals surface area contributed by atoms with Crippen LogP contribution < -0.4 is 0 Å². The highest BCUT2D eigenvalue weighted by molar-refractivity contribution is 5.85. The minimum absolute atomic E-state index is 0.404. The molecule has 0 saturated heterocycles. The Balaban J connectivity index is 2.85. The van der Waals surface area contributed by atoms with E-state index in [9.17, 15) is 5.11 Å². The Kier molecular flexibility index (Phi) is 1.76. The number of rotatable bonds is 1. The molecule has 0 atom stereocenters. The van der Waals surface area contributed by atoms with Gasteiger partial charge in [-0.15, -0.1) is 0 Å². The van der Waals surface area contributed by atoms with E-state index in [1.807, 2.05) is 25.4 Å². The van der Waals surface area contributed by atoms with Gasteiger partial charge in [0.25, 0.3) is 0 Å². The standard InChI is InChI=1S/C11H13NO/c1-3-8-9-6-7-12(2)10(9)4-5-11(8)13/h4-7,13H,3H2,1-2H3. The van der Waals surface area contributed by atoms with Gasteiger partial charge in [0, 0.05) is 29.7 Å². The van der Waals surface area contributed by atoms with E-state index in [4.69, 9.17) is 0 Å². The summed E-state index contributed by atoms with van der Waals surface area (Å²) in [5.41, 5.74) is 2.22. The van der Waals surface area contributed by atoms with Crippen molar-refractivity contribution < 1.29 is 5.11 Å². The number of aromatic hydroxyl groups is 1. The molecule has 13 heavy (non-hydrogen) atoms. The highest BCUT2D eigenvalue weighted by atomic mass is 16.3. The number of hydrogen-bond acceptors (Lipinski definition) is 1. The maximum atomic E-state index is 9.61. The van der Waals surface area contributed by atoms with Crippen LogP contribution in [0.3, 0.4) is 0 Å². The highest BCUT2D eigenvalue weighted by Crippen LogP contribution is 2.27. The molecular weight excluding hydrogens is 162 g/mol. The number of fused-ring (bicyclic) bond motifs is 1. The van der Waals surface area contributed by atoms with Crippen LogP contribution in [0.1, 0.15) is 12.5 Å². The third-order valence-corrected chi connectivity index (χ3v) is 2.51. The largest absolute Gasteiger partial charge is 0.508 e. The second-order valence-electron chi connectivity index (χ2n) is 3.28. The van der Waals surface area contributed by atoms with E-state index in [-0.39, 0.29) is 0 Å². The maximum absolute atomic E-state index is 9.61. The van der Waals surface area contributed by atoms with Gasteiger partial charge in [-0.1, -0.05) is 6.92 Å². The lowest BCUT2D eigenvalue weighted by atomic mass is 10.1. The number of benzene rings is 1. The van der Waals surface area contributed by atoms with Crippen molar-refractivity contribution in [2.75, 3.05) is 0 Å². The average Bonchev–Trinajstić information content (AvgIpc) is 2.48. The predicted molar refractivity (Wildman–Crippen MR) is 54.0 cm³/mol.